The lowest BCUT2D eigenvalue weighted by molar-refractivity contribution is 0.0147. The van der Waals surface area contributed by atoms with Gasteiger partial charge < -0.3 is 9.64 Å². The number of thiazole rings is 1. The summed E-state index contributed by atoms with van der Waals surface area (Å²) in [5.41, 5.74) is 0.988. The zero-order valence-electron chi connectivity index (χ0n) is 13.7. The molecule has 0 unspecified atom stereocenters. The minimum absolute atomic E-state index is 0.0489. The van der Waals surface area contributed by atoms with Crippen molar-refractivity contribution in [3.63, 3.8) is 0 Å². The number of benzene rings is 1. The molecule has 1 amide bonds. The minimum atomic E-state index is -0.246. The smallest absolute Gasteiger partial charge is 0.265 e. The van der Waals surface area contributed by atoms with E-state index in [4.69, 9.17) is 4.74 Å². The van der Waals surface area contributed by atoms with Crippen molar-refractivity contribution in [1.82, 2.24) is 9.88 Å². The molecule has 0 aliphatic carbocycles. The second-order valence-electron chi connectivity index (χ2n) is 5.87. The molecule has 2 heterocycles. The van der Waals surface area contributed by atoms with Crippen molar-refractivity contribution in [2.45, 2.75) is 32.3 Å². The summed E-state index contributed by atoms with van der Waals surface area (Å²) in [4.78, 5) is 19.5. The van der Waals surface area contributed by atoms with E-state index in [-0.39, 0.29) is 17.8 Å². The van der Waals surface area contributed by atoms with Crippen LogP contribution < -0.4 is 0 Å². The van der Waals surface area contributed by atoms with Gasteiger partial charge in [0.15, 0.2) is 0 Å². The van der Waals surface area contributed by atoms with Crippen LogP contribution in [-0.4, -0.2) is 41.6 Å². The van der Waals surface area contributed by atoms with Crippen LogP contribution in [0.5, 0.6) is 0 Å². The van der Waals surface area contributed by atoms with Crippen molar-refractivity contribution in [3.8, 4) is 0 Å². The van der Waals surface area contributed by atoms with Crippen LogP contribution in [0, 0.1) is 5.82 Å². The van der Waals surface area contributed by atoms with E-state index in [2.05, 4.69) is 4.98 Å². The van der Waals surface area contributed by atoms with Gasteiger partial charge in [-0.3, -0.25) is 4.79 Å². The highest BCUT2D eigenvalue weighted by Crippen LogP contribution is 2.21. The molecule has 0 atom stereocenters. The van der Waals surface area contributed by atoms with E-state index in [9.17, 15) is 9.18 Å². The molecule has 0 radical (unpaired) electrons. The van der Waals surface area contributed by atoms with E-state index in [1.54, 1.807) is 18.3 Å². The fourth-order valence-electron chi connectivity index (χ4n) is 2.88. The van der Waals surface area contributed by atoms with Crippen LogP contribution >= 0.6 is 11.3 Å². The highest BCUT2D eigenvalue weighted by Gasteiger charge is 2.25. The van der Waals surface area contributed by atoms with E-state index in [0.717, 1.165) is 43.1 Å². The van der Waals surface area contributed by atoms with Gasteiger partial charge in [-0.1, -0.05) is 12.1 Å². The number of carbonyl (C=O) groups excluding carboxylic acids is 1. The summed E-state index contributed by atoms with van der Waals surface area (Å²) >= 11 is 1.42. The molecule has 1 fully saturated rings. The zero-order valence-corrected chi connectivity index (χ0v) is 14.5. The van der Waals surface area contributed by atoms with Gasteiger partial charge in [-0.05, 0) is 37.5 Å². The Bertz CT molecular complexity index is 679. The summed E-state index contributed by atoms with van der Waals surface area (Å²) in [6.45, 7) is 4.18. The monoisotopic (exact) mass is 348 g/mol. The summed E-state index contributed by atoms with van der Waals surface area (Å²) in [5.74, 6) is -0.197. The summed E-state index contributed by atoms with van der Waals surface area (Å²) in [5, 5.41) is 0.870. The number of halogens is 1. The predicted molar refractivity (Wildman–Crippen MR) is 91.9 cm³/mol. The molecule has 0 bridgehead atoms. The minimum Gasteiger partial charge on any atom is -0.378 e. The Morgan fingerprint density at radius 3 is 2.71 bits per heavy atom. The van der Waals surface area contributed by atoms with E-state index in [1.165, 1.54) is 23.5 Å². The maximum Gasteiger partial charge on any atom is 0.265 e. The average Bonchev–Trinajstić information content (AvgIpc) is 3.06. The van der Waals surface area contributed by atoms with Crippen molar-refractivity contribution < 1.29 is 13.9 Å². The molecule has 128 valence electrons. The Morgan fingerprint density at radius 2 is 2.04 bits per heavy atom. The van der Waals surface area contributed by atoms with Gasteiger partial charge in [-0.15, -0.1) is 11.3 Å². The van der Waals surface area contributed by atoms with Gasteiger partial charge in [0, 0.05) is 26.1 Å². The third-order valence-corrected chi connectivity index (χ3v) is 5.15. The second-order valence-corrected chi connectivity index (χ2v) is 6.98. The van der Waals surface area contributed by atoms with Gasteiger partial charge in [0.2, 0.25) is 0 Å². The molecule has 6 heteroatoms. The maximum atomic E-state index is 12.9. The number of aromatic nitrogens is 1. The van der Waals surface area contributed by atoms with Gasteiger partial charge in [0.1, 0.15) is 10.7 Å². The number of rotatable bonds is 5. The van der Waals surface area contributed by atoms with Gasteiger partial charge in [0.05, 0.1) is 17.3 Å². The van der Waals surface area contributed by atoms with Crippen molar-refractivity contribution in [3.05, 3.63) is 51.7 Å². The molecule has 24 heavy (non-hydrogen) atoms. The van der Waals surface area contributed by atoms with Crippen LogP contribution in [0.15, 0.2) is 30.5 Å². The van der Waals surface area contributed by atoms with E-state index in [1.807, 2.05) is 11.8 Å². The average molecular weight is 348 g/mol. The molecule has 0 saturated carbocycles. The molecule has 1 saturated heterocycles. The zero-order chi connectivity index (χ0) is 16.9. The molecule has 1 aliphatic heterocycles. The third kappa shape index (κ3) is 4.19. The topological polar surface area (TPSA) is 42.4 Å². The van der Waals surface area contributed by atoms with Gasteiger partial charge in [0.25, 0.3) is 5.91 Å². The van der Waals surface area contributed by atoms with Crippen LogP contribution in [0.3, 0.4) is 0 Å². The third-order valence-electron chi connectivity index (χ3n) is 4.16. The molecule has 0 N–H and O–H groups in total. The first-order chi connectivity index (χ1) is 11.7. The second kappa shape index (κ2) is 7.85. The number of nitrogens with zero attached hydrogens (tertiary/aromatic N) is 2. The normalized spacial score (nSPS) is 15.7. The predicted octanol–water partition coefficient (Wildman–Crippen LogP) is 3.51. The Labute approximate surface area is 145 Å². The summed E-state index contributed by atoms with van der Waals surface area (Å²) in [6, 6.07) is 6.38. The highest BCUT2D eigenvalue weighted by atomic mass is 32.1. The fraction of sp³-hybridized carbons (Fsp3) is 0.444. The molecule has 0 spiro atoms. The maximum absolute atomic E-state index is 12.9. The van der Waals surface area contributed by atoms with E-state index < -0.39 is 0 Å². The van der Waals surface area contributed by atoms with E-state index in [0.29, 0.717) is 11.3 Å². The lowest BCUT2D eigenvalue weighted by atomic mass is 10.1. The lowest BCUT2D eigenvalue weighted by Gasteiger charge is -2.31. The Balaban J connectivity index is 1.59. The van der Waals surface area contributed by atoms with Gasteiger partial charge in [-0.25, -0.2) is 9.37 Å². The van der Waals surface area contributed by atoms with Crippen LogP contribution in [0.1, 0.15) is 40.0 Å². The molecule has 2 aromatic rings. The molecule has 3 rings (SSSR count). The van der Waals surface area contributed by atoms with Crippen LogP contribution in [0.2, 0.25) is 0 Å². The number of likely N-dealkylation sites (tertiary alicyclic amines) is 1. The van der Waals surface area contributed by atoms with Crippen LogP contribution in [0.25, 0.3) is 0 Å². The number of hydrogen-bond donors (Lipinski definition) is 0. The lowest BCUT2D eigenvalue weighted by Crippen LogP contribution is -2.40. The molecule has 4 nitrogen and oxygen atoms in total. The number of carbonyl (C=O) groups is 1. The quantitative estimate of drug-likeness (QED) is 0.830. The van der Waals surface area contributed by atoms with Gasteiger partial charge >= 0.3 is 0 Å². The van der Waals surface area contributed by atoms with Crippen molar-refractivity contribution >= 4 is 17.2 Å². The van der Waals surface area contributed by atoms with Crippen molar-refractivity contribution in [2.24, 2.45) is 0 Å². The van der Waals surface area contributed by atoms with Crippen molar-refractivity contribution in [1.29, 1.82) is 0 Å². The number of ether oxygens (including phenoxy) is 1. The Morgan fingerprint density at radius 1 is 1.33 bits per heavy atom. The summed E-state index contributed by atoms with van der Waals surface area (Å²) in [6.07, 6.45) is 4.32. The Hall–Kier alpha value is -1.79. The first-order valence-electron chi connectivity index (χ1n) is 8.25. The van der Waals surface area contributed by atoms with Crippen LogP contribution in [0.4, 0.5) is 4.39 Å². The molecular formula is C18H21FN2O2S. The molecular weight excluding hydrogens is 327 g/mol. The summed E-state index contributed by atoms with van der Waals surface area (Å²) < 4.78 is 18.6. The fourth-order valence-corrected chi connectivity index (χ4v) is 3.80. The van der Waals surface area contributed by atoms with E-state index >= 15 is 0 Å². The highest BCUT2D eigenvalue weighted by molar-refractivity contribution is 7.13. The molecule has 1 aromatic heterocycles. The number of hydrogen-bond acceptors (Lipinski definition) is 4. The first kappa shape index (κ1) is 17.0. The Kier molecular flexibility index (Phi) is 5.58. The van der Waals surface area contributed by atoms with Crippen molar-refractivity contribution in [2.75, 3.05) is 19.7 Å². The largest absolute Gasteiger partial charge is 0.378 e. The van der Waals surface area contributed by atoms with Crippen LogP contribution in [-0.2, 0) is 11.2 Å². The van der Waals surface area contributed by atoms with Gasteiger partial charge in [-0.2, -0.15) is 0 Å². The number of amides is 1. The SMILES string of the molecule is CCOC1CCN(C(=O)c2cnc(Cc3ccc(F)cc3)s2)CC1. The molecule has 1 aromatic carbocycles. The standard InChI is InChI=1S/C18H21FN2O2S/c1-2-23-15-7-9-21(10-8-15)18(22)16-12-20-17(24-16)11-13-3-5-14(19)6-4-13/h3-6,12,15H,2,7-11H2,1H3. The number of piperidine rings is 1. The molecule has 1 aliphatic rings. The first-order valence-corrected chi connectivity index (χ1v) is 9.07. The summed E-state index contributed by atoms with van der Waals surface area (Å²) in [7, 11) is 0.